The Kier molecular flexibility index (Phi) is 7.61. The molecule has 0 aliphatic rings. The highest BCUT2D eigenvalue weighted by atomic mass is 32.3. The van der Waals surface area contributed by atoms with Crippen molar-refractivity contribution in [3.8, 4) is 23.0 Å². The number of fused-ring (bicyclic) bond motifs is 3. The molecule has 0 radical (unpaired) electrons. The topological polar surface area (TPSA) is 139 Å². The number of methoxy groups -OCH3 is 1. The second kappa shape index (κ2) is 10.8. The Bertz CT molecular complexity index is 1400. The van der Waals surface area contributed by atoms with E-state index in [-0.39, 0.29) is 31.3 Å². The lowest BCUT2D eigenvalue weighted by atomic mass is 10.1. The molecule has 1 aromatic heterocycles. The van der Waals surface area contributed by atoms with E-state index in [2.05, 4.69) is 14.5 Å². The van der Waals surface area contributed by atoms with Crippen molar-refractivity contribution in [2.45, 2.75) is 6.10 Å². The number of benzene rings is 3. The van der Waals surface area contributed by atoms with Gasteiger partial charge >= 0.3 is 10.4 Å². The molecule has 0 spiro atoms. The summed E-state index contributed by atoms with van der Waals surface area (Å²) in [5, 5.41) is 15.4. The number of aliphatic hydroxyl groups excluding tert-OH is 1. The number of H-pyrrole nitrogens is 1. The van der Waals surface area contributed by atoms with Gasteiger partial charge in [-0.2, -0.15) is 8.42 Å². The molecule has 3 aromatic carbocycles. The van der Waals surface area contributed by atoms with Crippen molar-refractivity contribution in [3.63, 3.8) is 0 Å². The van der Waals surface area contributed by atoms with Gasteiger partial charge in [-0.1, -0.05) is 24.3 Å². The zero-order valence-corrected chi connectivity index (χ0v) is 19.7. The Balaban J connectivity index is 1.26. The van der Waals surface area contributed by atoms with Gasteiger partial charge in [-0.25, -0.2) is 0 Å². The van der Waals surface area contributed by atoms with E-state index in [1.807, 2.05) is 42.5 Å². The normalized spacial score (nSPS) is 12.5. The Morgan fingerprint density at radius 1 is 0.971 bits per heavy atom. The summed E-state index contributed by atoms with van der Waals surface area (Å²) in [6.07, 6.45) is -0.753. The fourth-order valence-electron chi connectivity index (χ4n) is 3.68. The summed E-state index contributed by atoms with van der Waals surface area (Å²) >= 11 is 0. The molecule has 1 heterocycles. The Morgan fingerprint density at radius 2 is 1.77 bits per heavy atom. The minimum atomic E-state index is -4.65. The van der Waals surface area contributed by atoms with Crippen LogP contribution >= 0.6 is 0 Å². The van der Waals surface area contributed by atoms with Gasteiger partial charge in [0.1, 0.15) is 30.8 Å². The second-order valence-corrected chi connectivity index (χ2v) is 8.71. The van der Waals surface area contributed by atoms with Gasteiger partial charge in [-0.05, 0) is 30.3 Å². The van der Waals surface area contributed by atoms with Crippen molar-refractivity contribution < 1.29 is 36.5 Å². The van der Waals surface area contributed by atoms with Crippen LogP contribution in [0, 0.1) is 0 Å². The number of aromatic amines is 1. The van der Waals surface area contributed by atoms with E-state index in [0.29, 0.717) is 18.0 Å². The predicted molar refractivity (Wildman–Crippen MR) is 131 cm³/mol. The second-order valence-electron chi connectivity index (χ2n) is 7.69. The van der Waals surface area contributed by atoms with Crippen molar-refractivity contribution in [3.05, 3.63) is 60.7 Å². The molecule has 0 aliphatic heterocycles. The summed E-state index contributed by atoms with van der Waals surface area (Å²) in [6, 6.07) is 17.8. The predicted octanol–water partition coefficient (Wildman–Crippen LogP) is 2.92. The Hall–Kier alpha value is -3.51. The van der Waals surface area contributed by atoms with Crippen LogP contribution < -0.4 is 23.7 Å². The summed E-state index contributed by atoms with van der Waals surface area (Å²) in [5.74, 6) is 1.19. The number of aromatic nitrogens is 1. The molecule has 1 unspecified atom stereocenters. The number of hydrogen-bond acceptors (Lipinski definition) is 8. The van der Waals surface area contributed by atoms with Gasteiger partial charge in [0.2, 0.25) is 0 Å². The maximum absolute atomic E-state index is 10.9. The fourth-order valence-corrected chi connectivity index (χ4v) is 4.03. The first-order valence-corrected chi connectivity index (χ1v) is 12.2. The standard InChI is InChI=1S/C24H26N2O8S/c1-31-21-10-9-17(34-35(28,29)30)13-23(21)32-12-11-25-14-16(27)15-33-22-8-4-7-20-24(22)18-5-2-3-6-19(18)26-20/h2-10,13,16,25-27H,11-12,14-15H2,1H3,(H,28,29,30). The number of hydrogen-bond donors (Lipinski definition) is 4. The van der Waals surface area contributed by atoms with E-state index in [1.165, 1.54) is 25.3 Å². The molecule has 10 nitrogen and oxygen atoms in total. The molecule has 11 heteroatoms. The van der Waals surface area contributed by atoms with Gasteiger partial charge < -0.3 is 33.8 Å². The van der Waals surface area contributed by atoms with Crippen molar-refractivity contribution in [1.29, 1.82) is 0 Å². The molecule has 4 aromatic rings. The molecular weight excluding hydrogens is 476 g/mol. The van der Waals surface area contributed by atoms with E-state index in [4.69, 9.17) is 18.8 Å². The summed E-state index contributed by atoms with van der Waals surface area (Å²) in [6.45, 7) is 0.973. The van der Waals surface area contributed by atoms with Crippen LogP contribution in [0.4, 0.5) is 0 Å². The maximum atomic E-state index is 10.9. The minimum absolute atomic E-state index is 0.106. The zero-order valence-electron chi connectivity index (χ0n) is 18.9. The zero-order chi connectivity index (χ0) is 24.8. The molecule has 4 rings (SSSR count). The van der Waals surface area contributed by atoms with Gasteiger partial charge in [-0.15, -0.1) is 0 Å². The van der Waals surface area contributed by atoms with Crippen LogP contribution in [0.15, 0.2) is 60.7 Å². The third-order valence-corrected chi connectivity index (χ3v) is 5.58. The van der Waals surface area contributed by atoms with E-state index >= 15 is 0 Å². The minimum Gasteiger partial charge on any atom is -0.493 e. The van der Waals surface area contributed by atoms with Crippen LogP contribution in [0.3, 0.4) is 0 Å². The third-order valence-electron chi connectivity index (χ3n) is 5.18. The average molecular weight is 503 g/mol. The lowest BCUT2D eigenvalue weighted by molar-refractivity contribution is 0.106. The lowest BCUT2D eigenvalue weighted by Crippen LogP contribution is -2.33. The smallest absolute Gasteiger partial charge is 0.446 e. The number of ether oxygens (including phenoxy) is 3. The molecule has 4 N–H and O–H groups in total. The summed E-state index contributed by atoms with van der Waals surface area (Å²) in [4.78, 5) is 3.36. The largest absolute Gasteiger partial charge is 0.493 e. The van der Waals surface area contributed by atoms with E-state index < -0.39 is 16.5 Å². The molecule has 1 atom stereocenters. The lowest BCUT2D eigenvalue weighted by Gasteiger charge is -2.15. The fraction of sp³-hybridized carbons (Fsp3) is 0.250. The van der Waals surface area contributed by atoms with Crippen molar-refractivity contribution in [2.24, 2.45) is 0 Å². The number of rotatable bonds is 12. The van der Waals surface area contributed by atoms with E-state index in [9.17, 15) is 13.5 Å². The molecule has 35 heavy (non-hydrogen) atoms. The van der Waals surface area contributed by atoms with Crippen molar-refractivity contribution >= 4 is 32.2 Å². The molecule has 0 aliphatic carbocycles. The number of nitrogens with one attached hydrogen (secondary N) is 2. The molecular formula is C24H26N2O8S. The molecule has 0 saturated heterocycles. The van der Waals surface area contributed by atoms with Crippen LogP contribution in [0.1, 0.15) is 0 Å². The summed E-state index contributed by atoms with van der Waals surface area (Å²) < 4.78 is 51.8. The first kappa shape index (κ1) is 24.6. The number of aliphatic hydroxyl groups is 1. The summed E-state index contributed by atoms with van der Waals surface area (Å²) in [7, 11) is -3.21. The summed E-state index contributed by atoms with van der Waals surface area (Å²) in [5.41, 5.74) is 1.99. The molecule has 0 fully saturated rings. The molecule has 0 bridgehead atoms. The van der Waals surface area contributed by atoms with Gasteiger partial charge in [-0.3, -0.25) is 4.55 Å². The van der Waals surface area contributed by atoms with E-state index in [1.54, 1.807) is 0 Å². The molecule has 0 saturated carbocycles. The van der Waals surface area contributed by atoms with Crippen LogP contribution in [0.25, 0.3) is 21.8 Å². The highest BCUT2D eigenvalue weighted by molar-refractivity contribution is 7.81. The number of para-hydroxylation sites is 1. The van der Waals surface area contributed by atoms with Gasteiger partial charge in [0.05, 0.1) is 12.6 Å². The first-order valence-electron chi connectivity index (χ1n) is 10.8. The van der Waals surface area contributed by atoms with Gasteiger partial charge in [0.15, 0.2) is 11.5 Å². The van der Waals surface area contributed by atoms with Crippen molar-refractivity contribution in [2.75, 3.05) is 33.4 Å². The Labute approximate surface area is 202 Å². The van der Waals surface area contributed by atoms with Crippen molar-refractivity contribution in [1.82, 2.24) is 10.3 Å². The Morgan fingerprint density at radius 3 is 2.57 bits per heavy atom. The van der Waals surface area contributed by atoms with Crippen LogP contribution in [-0.2, 0) is 10.4 Å². The third kappa shape index (κ3) is 6.34. The maximum Gasteiger partial charge on any atom is 0.446 e. The SMILES string of the molecule is COc1ccc(OS(=O)(=O)O)cc1OCCNCC(O)COc1cccc2[nH]c3ccccc3c12. The van der Waals surface area contributed by atoms with Crippen LogP contribution in [-0.4, -0.2) is 62.6 Å². The van der Waals surface area contributed by atoms with Crippen LogP contribution in [0.2, 0.25) is 0 Å². The van der Waals surface area contributed by atoms with Gasteiger partial charge in [0.25, 0.3) is 0 Å². The van der Waals surface area contributed by atoms with E-state index in [0.717, 1.165) is 21.8 Å². The first-order chi connectivity index (χ1) is 16.8. The molecule has 0 amide bonds. The van der Waals surface area contributed by atoms with Crippen LogP contribution in [0.5, 0.6) is 23.0 Å². The average Bonchev–Trinajstić information content (AvgIpc) is 3.21. The quantitative estimate of drug-likeness (QED) is 0.170. The van der Waals surface area contributed by atoms with Gasteiger partial charge in [0, 0.05) is 35.4 Å². The molecule has 186 valence electrons. The highest BCUT2D eigenvalue weighted by Gasteiger charge is 2.13. The highest BCUT2D eigenvalue weighted by Crippen LogP contribution is 2.33. The monoisotopic (exact) mass is 502 g/mol.